The number of imidazole rings is 1. The van der Waals surface area contributed by atoms with Crippen molar-refractivity contribution in [2.45, 2.75) is 36.9 Å². The monoisotopic (exact) mass is 449 g/mol. The zero-order valence-electron chi connectivity index (χ0n) is 16.2. The molecule has 29 heavy (non-hydrogen) atoms. The molecule has 0 bridgehead atoms. The van der Waals surface area contributed by atoms with Gasteiger partial charge in [0.05, 0.1) is 0 Å². The van der Waals surface area contributed by atoms with Crippen LogP contribution in [0.15, 0.2) is 66.9 Å². The molecule has 1 N–H and O–H groups in total. The van der Waals surface area contributed by atoms with E-state index in [1.54, 1.807) is 0 Å². The van der Waals surface area contributed by atoms with Crippen LogP contribution in [0.4, 0.5) is 0 Å². The van der Waals surface area contributed by atoms with Crippen LogP contribution in [0.3, 0.4) is 0 Å². The predicted octanol–water partition coefficient (Wildman–Crippen LogP) is 4.38. The molecule has 0 radical (unpaired) electrons. The van der Waals surface area contributed by atoms with Gasteiger partial charge in [0.1, 0.15) is 0 Å². The average Bonchev–Trinajstić information content (AvgIpc) is 3.38. The Bertz CT molecular complexity index is 1120. The second-order valence-corrected chi connectivity index (χ2v) is 10.3. The van der Waals surface area contributed by atoms with Crippen molar-refractivity contribution in [3.05, 3.63) is 78.1 Å². The number of hydrogen-bond donors (Lipinski definition) is 1. The molecular weight excluding hydrogens is 425 g/mol. The number of aromatic nitrogens is 3. The van der Waals surface area contributed by atoms with Gasteiger partial charge in [0, 0.05) is 0 Å². The quantitative estimate of drug-likeness (QED) is 0.461. The number of benzene rings is 2. The Hall–Kier alpha value is -2.62. The van der Waals surface area contributed by atoms with Gasteiger partial charge in [-0.15, -0.1) is 0 Å². The predicted molar refractivity (Wildman–Crippen MR) is 117 cm³/mol. The molecule has 1 fully saturated rings. The molecule has 0 spiro atoms. The summed E-state index contributed by atoms with van der Waals surface area (Å²) in [6, 6.07) is 20.4. The molecule has 2 aromatic heterocycles. The zero-order chi connectivity index (χ0) is 19.6. The summed E-state index contributed by atoms with van der Waals surface area (Å²) in [5, 5.41) is 11.0. The Labute approximate surface area is 176 Å². The topological polar surface area (TPSA) is 50.4 Å². The van der Waals surface area contributed by atoms with E-state index >= 15 is 0 Å². The molecule has 4 aromatic rings. The fourth-order valence-corrected chi connectivity index (χ4v) is 6.65. The second-order valence-electron chi connectivity index (χ2n) is 7.56. The summed E-state index contributed by atoms with van der Waals surface area (Å²) in [6.45, 7) is 0. The third-order valence-electron chi connectivity index (χ3n) is 5.48. The number of nitrogens with zero attached hydrogens (tertiary/aromatic N) is 3. The van der Waals surface area contributed by atoms with E-state index in [-0.39, 0.29) is 20.8 Å². The number of rotatable bonds is 5. The van der Waals surface area contributed by atoms with Crippen molar-refractivity contribution >= 4 is 25.2 Å². The van der Waals surface area contributed by atoms with E-state index < -0.39 is 0 Å². The van der Waals surface area contributed by atoms with Gasteiger partial charge in [-0.1, -0.05) is 0 Å². The van der Waals surface area contributed by atoms with E-state index in [1.165, 1.54) is 25.7 Å². The SMILES string of the molecule is Oc1c(Cc2ccccc2)nc2c([Se]C3CCCC3)nc(-c3ccccc3)cn12. The number of aromatic hydroxyl groups is 1. The Morgan fingerprint density at radius 3 is 2.34 bits per heavy atom. The van der Waals surface area contributed by atoms with Crippen LogP contribution in [0.1, 0.15) is 36.9 Å². The second kappa shape index (κ2) is 8.02. The molecule has 5 rings (SSSR count). The third kappa shape index (κ3) is 3.81. The van der Waals surface area contributed by atoms with E-state index in [0.717, 1.165) is 31.9 Å². The third-order valence-corrected chi connectivity index (χ3v) is 8.22. The molecule has 2 aromatic carbocycles. The van der Waals surface area contributed by atoms with Crippen LogP contribution in [0.5, 0.6) is 5.88 Å². The molecule has 2 heterocycles. The van der Waals surface area contributed by atoms with E-state index in [9.17, 15) is 5.11 Å². The first kappa shape index (κ1) is 18.4. The molecule has 0 saturated heterocycles. The number of fused-ring (bicyclic) bond motifs is 1. The van der Waals surface area contributed by atoms with E-state index in [1.807, 2.05) is 47.0 Å². The van der Waals surface area contributed by atoms with Crippen LogP contribution < -0.4 is 4.59 Å². The summed E-state index contributed by atoms with van der Waals surface area (Å²) in [5.74, 6) is 0.229. The van der Waals surface area contributed by atoms with Crippen LogP contribution in [0.25, 0.3) is 16.9 Å². The Morgan fingerprint density at radius 1 is 0.931 bits per heavy atom. The van der Waals surface area contributed by atoms with Gasteiger partial charge in [0.2, 0.25) is 0 Å². The average molecular weight is 448 g/mol. The molecule has 0 aliphatic heterocycles. The first-order valence-electron chi connectivity index (χ1n) is 10.1. The number of hydrogen-bond acceptors (Lipinski definition) is 3. The van der Waals surface area contributed by atoms with Crippen LogP contribution in [-0.4, -0.2) is 34.4 Å². The van der Waals surface area contributed by atoms with Crippen molar-refractivity contribution in [1.29, 1.82) is 0 Å². The Kier molecular flexibility index (Phi) is 5.09. The fraction of sp³-hybridized carbons (Fsp3) is 0.250. The van der Waals surface area contributed by atoms with E-state index in [2.05, 4.69) is 24.3 Å². The van der Waals surface area contributed by atoms with Crippen LogP contribution >= 0.6 is 0 Å². The zero-order valence-corrected chi connectivity index (χ0v) is 17.9. The fourth-order valence-electron chi connectivity index (χ4n) is 3.95. The van der Waals surface area contributed by atoms with Crippen molar-refractivity contribution in [2.24, 2.45) is 0 Å². The summed E-state index contributed by atoms with van der Waals surface area (Å²) in [5.41, 5.74) is 4.64. The van der Waals surface area contributed by atoms with Gasteiger partial charge in [-0.05, 0) is 0 Å². The summed E-state index contributed by atoms with van der Waals surface area (Å²) in [6.07, 6.45) is 7.75. The minimum absolute atomic E-state index is 0.229. The van der Waals surface area contributed by atoms with Gasteiger partial charge in [0.15, 0.2) is 0 Å². The van der Waals surface area contributed by atoms with Gasteiger partial charge in [-0.2, -0.15) is 0 Å². The van der Waals surface area contributed by atoms with Gasteiger partial charge < -0.3 is 0 Å². The van der Waals surface area contributed by atoms with Crippen LogP contribution in [-0.2, 0) is 6.42 Å². The van der Waals surface area contributed by atoms with Crippen LogP contribution in [0.2, 0.25) is 4.82 Å². The van der Waals surface area contributed by atoms with Crippen molar-refractivity contribution in [3.8, 4) is 17.1 Å². The Morgan fingerprint density at radius 2 is 1.62 bits per heavy atom. The maximum absolute atomic E-state index is 11.0. The molecular formula is C24H23N3OSe. The van der Waals surface area contributed by atoms with Gasteiger partial charge in [-0.3, -0.25) is 0 Å². The molecule has 0 atom stereocenters. The molecule has 0 unspecified atom stereocenters. The molecule has 146 valence electrons. The van der Waals surface area contributed by atoms with E-state index in [0.29, 0.717) is 12.1 Å². The summed E-state index contributed by atoms with van der Waals surface area (Å²) >= 11 is 0.254. The van der Waals surface area contributed by atoms with Gasteiger partial charge >= 0.3 is 177 Å². The van der Waals surface area contributed by atoms with Crippen molar-refractivity contribution in [3.63, 3.8) is 0 Å². The van der Waals surface area contributed by atoms with Crippen molar-refractivity contribution < 1.29 is 5.11 Å². The first-order chi connectivity index (χ1) is 14.3. The molecule has 5 heteroatoms. The first-order valence-corrected chi connectivity index (χ1v) is 12.0. The normalized spacial score (nSPS) is 14.6. The van der Waals surface area contributed by atoms with Gasteiger partial charge in [0.25, 0.3) is 0 Å². The molecule has 1 aliphatic rings. The molecule has 4 nitrogen and oxygen atoms in total. The molecule has 1 saturated carbocycles. The molecule has 0 amide bonds. The standard InChI is InChI=1S/C24H23N3OSe/c28-24-20(15-17-9-3-1-4-10-17)25-22-23(29-19-13-7-8-14-19)26-21(16-27(22)24)18-11-5-2-6-12-18/h1-6,9-12,16,19,28H,7-8,13-15H2. The molecule has 1 aliphatic carbocycles. The Balaban J connectivity index is 1.61. The van der Waals surface area contributed by atoms with Crippen LogP contribution in [0, 0.1) is 0 Å². The van der Waals surface area contributed by atoms with Crippen molar-refractivity contribution in [1.82, 2.24) is 14.4 Å². The summed E-state index contributed by atoms with van der Waals surface area (Å²) in [4.78, 5) is 10.6. The summed E-state index contributed by atoms with van der Waals surface area (Å²) in [7, 11) is 0. The maximum atomic E-state index is 11.0. The van der Waals surface area contributed by atoms with Gasteiger partial charge in [-0.25, -0.2) is 0 Å². The summed E-state index contributed by atoms with van der Waals surface area (Å²) < 4.78 is 2.90. The van der Waals surface area contributed by atoms with E-state index in [4.69, 9.17) is 9.97 Å². The van der Waals surface area contributed by atoms with Crippen molar-refractivity contribution in [2.75, 3.05) is 0 Å². The minimum atomic E-state index is 0.229.